The molecule has 120 valence electrons. The number of benzene rings is 2. The van der Waals surface area contributed by atoms with Crippen molar-refractivity contribution in [1.82, 2.24) is 0 Å². The Morgan fingerprint density at radius 2 is 2.04 bits per heavy atom. The Hall–Kier alpha value is -1.88. The van der Waals surface area contributed by atoms with Crippen LogP contribution in [0.1, 0.15) is 25.8 Å². The maximum Gasteiger partial charge on any atom is 0.224 e. The number of para-hydroxylation sites is 1. The first-order chi connectivity index (χ1) is 11.0. The maximum absolute atomic E-state index is 13.9. The first kappa shape index (κ1) is 16.0. The van der Waals surface area contributed by atoms with Gasteiger partial charge in [-0.2, -0.15) is 0 Å². The molecule has 1 aliphatic rings. The molecular formula is C18H17BrFNO2. The average molecular weight is 378 g/mol. The summed E-state index contributed by atoms with van der Waals surface area (Å²) in [4.78, 5) is 13.8. The number of rotatable bonds is 2. The van der Waals surface area contributed by atoms with Crippen molar-refractivity contribution in [3.63, 3.8) is 0 Å². The molecule has 0 radical (unpaired) electrons. The number of anilines is 1. The fourth-order valence-electron chi connectivity index (χ4n) is 3.00. The smallest absolute Gasteiger partial charge is 0.224 e. The molecule has 3 nitrogen and oxygen atoms in total. The van der Waals surface area contributed by atoms with Crippen LogP contribution in [0.25, 0.3) is 0 Å². The van der Waals surface area contributed by atoms with Gasteiger partial charge in [-0.1, -0.05) is 12.1 Å². The van der Waals surface area contributed by atoms with E-state index in [1.54, 1.807) is 30.0 Å². The number of carbonyl (C=O) groups excluding carboxylic acids is 1. The predicted molar refractivity (Wildman–Crippen MR) is 91.6 cm³/mol. The molecule has 0 saturated heterocycles. The fraction of sp³-hybridized carbons (Fsp3) is 0.278. The molecule has 3 rings (SSSR count). The van der Waals surface area contributed by atoms with Gasteiger partial charge in [0.25, 0.3) is 0 Å². The van der Waals surface area contributed by atoms with Crippen molar-refractivity contribution in [1.29, 1.82) is 0 Å². The molecule has 2 aromatic carbocycles. The van der Waals surface area contributed by atoms with Gasteiger partial charge in [-0.15, -0.1) is 0 Å². The van der Waals surface area contributed by atoms with Crippen LogP contribution in [0.15, 0.2) is 40.9 Å². The van der Waals surface area contributed by atoms with Gasteiger partial charge in [-0.3, -0.25) is 4.79 Å². The lowest BCUT2D eigenvalue weighted by atomic mass is 9.95. The molecule has 0 N–H and O–H groups in total. The van der Waals surface area contributed by atoms with Crippen molar-refractivity contribution in [3.8, 4) is 11.5 Å². The number of hydrogen-bond acceptors (Lipinski definition) is 2. The summed E-state index contributed by atoms with van der Waals surface area (Å²) >= 11 is 3.48. The van der Waals surface area contributed by atoms with E-state index < -0.39 is 5.82 Å². The summed E-state index contributed by atoms with van der Waals surface area (Å²) in [6.07, 6.45) is 1.63. The summed E-state index contributed by atoms with van der Waals surface area (Å²) in [5.74, 6) is 0.336. The second kappa shape index (κ2) is 6.32. The number of ether oxygens (including phenoxy) is 1. The van der Waals surface area contributed by atoms with Crippen molar-refractivity contribution in [3.05, 3.63) is 52.3 Å². The van der Waals surface area contributed by atoms with E-state index >= 15 is 0 Å². The summed E-state index contributed by atoms with van der Waals surface area (Å²) in [6.45, 7) is 3.59. The second-order valence-electron chi connectivity index (χ2n) is 5.68. The third kappa shape index (κ3) is 2.98. The van der Waals surface area contributed by atoms with Gasteiger partial charge in [-0.25, -0.2) is 4.39 Å². The highest BCUT2D eigenvalue weighted by molar-refractivity contribution is 9.10. The third-order valence-electron chi connectivity index (χ3n) is 4.09. The Morgan fingerprint density at radius 3 is 2.74 bits per heavy atom. The minimum absolute atomic E-state index is 0.00221. The van der Waals surface area contributed by atoms with Crippen molar-refractivity contribution < 1.29 is 13.9 Å². The molecule has 5 heteroatoms. The summed E-state index contributed by atoms with van der Waals surface area (Å²) in [5.41, 5.74) is 1.77. The number of hydrogen-bond donors (Lipinski definition) is 0. The van der Waals surface area contributed by atoms with E-state index in [2.05, 4.69) is 15.9 Å². The molecule has 1 unspecified atom stereocenters. The van der Waals surface area contributed by atoms with Crippen LogP contribution in [0.2, 0.25) is 0 Å². The van der Waals surface area contributed by atoms with Gasteiger partial charge >= 0.3 is 0 Å². The minimum Gasteiger partial charge on any atom is -0.453 e. The topological polar surface area (TPSA) is 29.5 Å². The molecule has 1 amide bonds. The molecule has 0 aliphatic carbocycles. The Morgan fingerprint density at radius 1 is 1.30 bits per heavy atom. The Bertz CT molecular complexity index is 763. The molecule has 23 heavy (non-hydrogen) atoms. The lowest BCUT2D eigenvalue weighted by Crippen LogP contribution is -2.40. The highest BCUT2D eigenvalue weighted by Crippen LogP contribution is 2.43. The molecule has 0 bridgehead atoms. The molecule has 0 spiro atoms. The Balaban J connectivity index is 2.08. The van der Waals surface area contributed by atoms with Crippen LogP contribution in [0.4, 0.5) is 10.1 Å². The third-order valence-corrected chi connectivity index (χ3v) is 4.71. The van der Waals surface area contributed by atoms with E-state index in [0.717, 1.165) is 28.6 Å². The van der Waals surface area contributed by atoms with E-state index in [1.165, 1.54) is 6.07 Å². The lowest BCUT2D eigenvalue weighted by Gasteiger charge is -2.35. The monoisotopic (exact) mass is 377 g/mol. The number of fused-ring (bicyclic) bond motifs is 1. The van der Waals surface area contributed by atoms with E-state index in [-0.39, 0.29) is 17.7 Å². The zero-order valence-electron chi connectivity index (χ0n) is 13.0. The van der Waals surface area contributed by atoms with Gasteiger partial charge in [-0.05, 0) is 60.0 Å². The molecule has 2 aromatic rings. The van der Waals surface area contributed by atoms with E-state index in [1.807, 2.05) is 19.1 Å². The Kier molecular flexibility index (Phi) is 4.39. The van der Waals surface area contributed by atoms with Crippen LogP contribution in [-0.2, 0) is 11.2 Å². The summed E-state index contributed by atoms with van der Waals surface area (Å²) in [7, 11) is 0. The van der Waals surface area contributed by atoms with Gasteiger partial charge in [0.1, 0.15) is 5.75 Å². The van der Waals surface area contributed by atoms with Gasteiger partial charge in [0.15, 0.2) is 11.6 Å². The van der Waals surface area contributed by atoms with Crippen LogP contribution in [-0.4, -0.2) is 11.9 Å². The molecular weight excluding hydrogens is 361 g/mol. The van der Waals surface area contributed by atoms with E-state index in [4.69, 9.17) is 4.74 Å². The standard InChI is InChI=1S/C18H17BrFNO2/c1-11-7-8-13-16(21(11)12(2)22)10-9-14(19)18(13)23-17-6-4-3-5-15(17)20/h3-6,9-11H,7-8H2,1-2H3. The van der Waals surface area contributed by atoms with Crippen molar-refractivity contribution in [2.75, 3.05) is 4.90 Å². The van der Waals surface area contributed by atoms with E-state index in [0.29, 0.717) is 5.75 Å². The SMILES string of the molecule is CC(=O)N1c2ccc(Br)c(Oc3ccccc3F)c2CCC1C. The Labute approximate surface area is 143 Å². The molecule has 0 aromatic heterocycles. The summed E-state index contributed by atoms with van der Waals surface area (Å²) < 4.78 is 20.5. The molecule has 0 fully saturated rings. The van der Waals surface area contributed by atoms with Crippen molar-refractivity contribution in [2.24, 2.45) is 0 Å². The zero-order chi connectivity index (χ0) is 16.6. The minimum atomic E-state index is -0.412. The van der Waals surface area contributed by atoms with Gasteiger partial charge < -0.3 is 9.64 Å². The molecule has 1 atom stereocenters. The van der Waals surface area contributed by atoms with Crippen LogP contribution in [0, 0.1) is 5.82 Å². The lowest BCUT2D eigenvalue weighted by molar-refractivity contribution is -0.117. The summed E-state index contributed by atoms with van der Waals surface area (Å²) in [5, 5.41) is 0. The highest BCUT2D eigenvalue weighted by Gasteiger charge is 2.29. The van der Waals surface area contributed by atoms with Crippen LogP contribution in [0.3, 0.4) is 0 Å². The molecule has 1 heterocycles. The molecule has 0 saturated carbocycles. The van der Waals surface area contributed by atoms with E-state index in [9.17, 15) is 9.18 Å². The summed E-state index contributed by atoms with van der Waals surface area (Å²) in [6, 6.07) is 10.2. The number of carbonyl (C=O) groups is 1. The van der Waals surface area contributed by atoms with Crippen molar-refractivity contribution >= 4 is 27.5 Å². The number of nitrogens with zero attached hydrogens (tertiary/aromatic N) is 1. The maximum atomic E-state index is 13.9. The van der Waals surface area contributed by atoms with Crippen molar-refractivity contribution in [2.45, 2.75) is 32.7 Å². The van der Waals surface area contributed by atoms with Crippen LogP contribution in [0.5, 0.6) is 11.5 Å². The predicted octanol–water partition coefficient (Wildman–Crippen LogP) is 5.07. The number of halogens is 2. The van der Waals surface area contributed by atoms with Gasteiger partial charge in [0, 0.05) is 18.5 Å². The quantitative estimate of drug-likeness (QED) is 0.731. The zero-order valence-corrected chi connectivity index (χ0v) is 14.6. The highest BCUT2D eigenvalue weighted by atomic mass is 79.9. The number of amides is 1. The first-order valence-corrected chi connectivity index (χ1v) is 8.32. The van der Waals surface area contributed by atoms with Crippen LogP contribution >= 0.6 is 15.9 Å². The van der Waals surface area contributed by atoms with Gasteiger partial charge in [0.05, 0.1) is 10.2 Å². The van der Waals surface area contributed by atoms with Gasteiger partial charge in [0.2, 0.25) is 5.91 Å². The average Bonchev–Trinajstić information content (AvgIpc) is 2.51. The first-order valence-electron chi connectivity index (χ1n) is 7.52. The molecule has 1 aliphatic heterocycles. The largest absolute Gasteiger partial charge is 0.453 e. The second-order valence-corrected chi connectivity index (χ2v) is 6.54. The fourth-order valence-corrected chi connectivity index (χ4v) is 3.46. The normalized spacial score (nSPS) is 16.9. The van der Waals surface area contributed by atoms with Crippen LogP contribution < -0.4 is 9.64 Å².